The molecule has 0 aromatic heterocycles. The Balaban J connectivity index is 2.11. The maximum Gasteiger partial charge on any atom is 0.261 e. The predicted molar refractivity (Wildman–Crippen MR) is 131 cm³/mol. The maximum absolute atomic E-state index is 9.97. The van der Waals surface area contributed by atoms with Gasteiger partial charge in [-0.05, 0) is 34.7 Å². The van der Waals surface area contributed by atoms with Crippen molar-refractivity contribution in [2.75, 3.05) is 6.61 Å². The Kier molecular flexibility index (Phi) is 9.85. The smallest absolute Gasteiger partial charge is 0.261 e. The van der Waals surface area contributed by atoms with Crippen LogP contribution in [-0.4, -0.2) is 26.1 Å². The lowest BCUT2D eigenvalue weighted by molar-refractivity contribution is 0.217. The molecule has 1 unspecified atom stereocenters. The maximum atomic E-state index is 9.97. The molecule has 162 valence electrons. The molecule has 2 nitrogen and oxygen atoms in total. The van der Waals surface area contributed by atoms with Crippen LogP contribution < -0.4 is 10.4 Å². The Labute approximate surface area is 184 Å². The van der Waals surface area contributed by atoms with E-state index in [-0.39, 0.29) is 5.04 Å². The second kappa shape index (κ2) is 12.1. The molecular formula is C27H38O2Si. The first-order chi connectivity index (χ1) is 14.4. The van der Waals surface area contributed by atoms with Crippen molar-refractivity contribution in [3.8, 4) is 11.8 Å². The largest absolute Gasteiger partial charge is 0.407 e. The van der Waals surface area contributed by atoms with E-state index >= 15 is 0 Å². The molecule has 1 atom stereocenters. The molecule has 0 amide bonds. The molecule has 3 heteroatoms. The van der Waals surface area contributed by atoms with Crippen molar-refractivity contribution in [2.45, 2.75) is 77.4 Å². The summed E-state index contributed by atoms with van der Waals surface area (Å²) < 4.78 is 6.86. The van der Waals surface area contributed by atoms with Crippen LogP contribution in [0.15, 0.2) is 60.7 Å². The molecule has 2 aromatic carbocycles. The van der Waals surface area contributed by atoms with Gasteiger partial charge in [-0.25, -0.2) is 0 Å². The van der Waals surface area contributed by atoms with Gasteiger partial charge in [0.1, 0.15) is 6.10 Å². The van der Waals surface area contributed by atoms with Gasteiger partial charge in [-0.3, -0.25) is 0 Å². The van der Waals surface area contributed by atoms with Crippen LogP contribution in [0.1, 0.15) is 66.2 Å². The summed E-state index contributed by atoms with van der Waals surface area (Å²) in [5, 5.41) is 12.6. The summed E-state index contributed by atoms with van der Waals surface area (Å²) in [7, 11) is -2.45. The molecule has 2 rings (SSSR count). The Morgan fingerprint density at radius 1 is 0.900 bits per heavy atom. The number of rotatable bonds is 10. The third-order valence-corrected chi connectivity index (χ3v) is 10.6. The zero-order valence-corrected chi connectivity index (χ0v) is 20.2. The Morgan fingerprint density at radius 2 is 1.47 bits per heavy atom. The van der Waals surface area contributed by atoms with E-state index in [0.29, 0.717) is 6.61 Å². The van der Waals surface area contributed by atoms with Crippen LogP contribution >= 0.6 is 0 Å². The van der Waals surface area contributed by atoms with Crippen molar-refractivity contribution in [2.24, 2.45) is 0 Å². The number of unbranched alkanes of at least 4 members (excludes halogenated alkanes) is 3. The van der Waals surface area contributed by atoms with Crippen LogP contribution in [0.5, 0.6) is 0 Å². The summed E-state index contributed by atoms with van der Waals surface area (Å²) in [6.45, 7) is 9.74. The zero-order valence-electron chi connectivity index (χ0n) is 19.2. The Bertz CT molecular complexity index is 745. The number of aliphatic hydroxyl groups is 1. The van der Waals surface area contributed by atoms with Gasteiger partial charge in [0.15, 0.2) is 0 Å². The fourth-order valence-corrected chi connectivity index (χ4v) is 8.60. The van der Waals surface area contributed by atoms with E-state index in [1.54, 1.807) is 0 Å². The molecule has 0 fully saturated rings. The summed E-state index contributed by atoms with van der Waals surface area (Å²) in [4.78, 5) is 0. The van der Waals surface area contributed by atoms with Gasteiger partial charge in [0, 0.05) is 13.0 Å². The minimum absolute atomic E-state index is 0.00312. The minimum Gasteiger partial charge on any atom is -0.407 e. The van der Waals surface area contributed by atoms with Crippen LogP contribution in [0.4, 0.5) is 0 Å². The fourth-order valence-electron chi connectivity index (χ4n) is 4.00. The lowest BCUT2D eigenvalue weighted by atomic mass is 10.1. The minimum atomic E-state index is -2.45. The fraction of sp³-hybridized carbons (Fsp3) is 0.481. The normalized spacial score (nSPS) is 12.8. The molecular weight excluding hydrogens is 384 g/mol. The molecule has 0 aliphatic heterocycles. The number of hydrogen-bond acceptors (Lipinski definition) is 2. The van der Waals surface area contributed by atoms with Crippen LogP contribution in [0.25, 0.3) is 0 Å². The number of aliphatic hydroxyl groups excluding tert-OH is 1. The van der Waals surface area contributed by atoms with Crippen LogP contribution in [0.3, 0.4) is 0 Å². The van der Waals surface area contributed by atoms with Crippen LogP contribution in [0, 0.1) is 11.8 Å². The van der Waals surface area contributed by atoms with E-state index < -0.39 is 14.4 Å². The van der Waals surface area contributed by atoms with Gasteiger partial charge in [0.2, 0.25) is 0 Å². The summed E-state index contributed by atoms with van der Waals surface area (Å²) in [6.07, 6.45) is 5.28. The van der Waals surface area contributed by atoms with E-state index in [0.717, 1.165) is 32.1 Å². The van der Waals surface area contributed by atoms with Crippen molar-refractivity contribution >= 4 is 18.7 Å². The number of benzene rings is 2. The first kappa shape index (κ1) is 24.4. The zero-order chi connectivity index (χ0) is 21.9. The third kappa shape index (κ3) is 6.57. The SMILES string of the molecule is CCCCCC(O)C#CCCCO[Si](c1ccccc1)(c1ccccc1)C(C)(C)C. The number of hydrogen-bond donors (Lipinski definition) is 1. The van der Waals surface area contributed by atoms with Gasteiger partial charge in [-0.1, -0.05) is 107 Å². The highest BCUT2D eigenvalue weighted by molar-refractivity contribution is 6.99. The standard InChI is InChI=1S/C27H38O2Si/c1-5-6-10-17-24(28)18-11-9-16-23-29-30(27(2,3)4,25-19-12-7-13-20-25)26-21-14-8-15-22-26/h7-8,12-15,19-22,24,28H,5-6,9-10,16-17,23H2,1-4H3. The van der Waals surface area contributed by atoms with Crippen molar-refractivity contribution in [3.63, 3.8) is 0 Å². The molecule has 2 aromatic rings. The first-order valence-electron chi connectivity index (χ1n) is 11.3. The monoisotopic (exact) mass is 422 g/mol. The molecule has 1 N–H and O–H groups in total. The molecule has 0 heterocycles. The van der Waals surface area contributed by atoms with Crippen molar-refractivity contribution in [1.82, 2.24) is 0 Å². The Hall–Kier alpha value is -1.86. The third-order valence-electron chi connectivity index (χ3n) is 5.53. The van der Waals surface area contributed by atoms with Gasteiger partial charge in [0.05, 0.1) is 0 Å². The lowest BCUT2D eigenvalue weighted by Crippen LogP contribution is -2.66. The van der Waals surface area contributed by atoms with Gasteiger partial charge in [-0.15, -0.1) is 5.92 Å². The second-order valence-electron chi connectivity index (χ2n) is 8.95. The van der Waals surface area contributed by atoms with Crippen LogP contribution in [0.2, 0.25) is 5.04 Å². The highest BCUT2D eigenvalue weighted by Gasteiger charge is 2.49. The summed E-state index contributed by atoms with van der Waals surface area (Å²) in [5.41, 5.74) is 0. The van der Waals surface area contributed by atoms with Gasteiger partial charge in [-0.2, -0.15) is 0 Å². The molecule has 0 radical (unpaired) electrons. The van der Waals surface area contributed by atoms with Crippen molar-refractivity contribution in [3.05, 3.63) is 60.7 Å². The van der Waals surface area contributed by atoms with Crippen molar-refractivity contribution < 1.29 is 9.53 Å². The Morgan fingerprint density at radius 3 is 1.97 bits per heavy atom. The molecule has 0 aliphatic carbocycles. The quantitative estimate of drug-likeness (QED) is 0.320. The lowest BCUT2D eigenvalue weighted by Gasteiger charge is -2.43. The summed E-state index contributed by atoms with van der Waals surface area (Å²) in [5.74, 6) is 6.15. The van der Waals surface area contributed by atoms with E-state index in [2.05, 4.69) is 100 Å². The molecule has 0 saturated carbocycles. The summed E-state index contributed by atoms with van der Waals surface area (Å²) >= 11 is 0. The van der Waals surface area contributed by atoms with Crippen molar-refractivity contribution in [1.29, 1.82) is 0 Å². The predicted octanol–water partition coefficient (Wildman–Crippen LogP) is 5.29. The van der Waals surface area contributed by atoms with E-state index in [1.165, 1.54) is 16.8 Å². The molecule has 0 aliphatic rings. The average Bonchev–Trinajstić information content (AvgIpc) is 2.74. The molecule has 0 spiro atoms. The van der Waals surface area contributed by atoms with Gasteiger partial charge in [0.25, 0.3) is 8.32 Å². The van der Waals surface area contributed by atoms with Gasteiger partial charge < -0.3 is 9.53 Å². The van der Waals surface area contributed by atoms with E-state index in [9.17, 15) is 5.11 Å². The molecule has 0 bridgehead atoms. The average molecular weight is 423 g/mol. The van der Waals surface area contributed by atoms with Crippen LogP contribution in [-0.2, 0) is 4.43 Å². The first-order valence-corrected chi connectivity index (χ1v) is 13.2. The van der Waals surface area contributed by atoms with Gasteiger partial charge >= 0.3 is 0 Å². The summed E-state index contributed by atoms with van der Waals surface area (Å²) in [6, 6.07) is 21.5. The van der Waals surface area contributed by atoms with E-state index in [1.807, 2.05) is 0 Å². The highest BCUT2D eigenvalue weighted by atomic mass is 28.4. The molecule has 0 saturated heterocycles. The second-order valence-corrected chi connectivity index (χ2v) is 13.3. The topological polar surface area (TPSA) is 29.5 Å². The van der Waals surface area contributed by atoms with E-state index in [4.69, 9.17) is 4.43 Å². The highest BCUT2D eigenvalue weighted by Crippen LogP contribution is 2.36. The molecule has 30 heavy (non-hydrogen) atoms.